The Morgan fingerprint density at radius 3 is 3.06 bits per heavy atom. The van der Waals surface area contributed by atoms with Gasteiger partial charge in [0.1, 0.15) is 5.75 Å². The van der Waals surface area contributed by atoms with E-state index in [1.807, 2.05) is 12.1 Å². The van der Waals surface area contributed by atoms with E-state index in [2.05, 4.69) is 10.6 Å². The van der Waals surface area contributed by atoms with E-state index in [-0.39, 0.29) is 0 Å². The van der Waals surface area contributed by atoms with Crippen molar-refractivity contribution in [3.05, 3.63) is 30.0 Å². The first-order valence-corrected chi connectivity index (χ1v) is 5.79. The van der Waals surface area contributed by atoms with Gasteiger partial charge in [0.2, 0.25) is 0 Å². The number of nitrogens with two attached hydrogens (primary N) is 1. The highest BCUT2D eigenvalue weighted by molar-refractivity contribution is 5.82. The maximum atomic E-state index is 9.54. The van der Waals surface area contributed by atoms with Crippen molar-refractivity contribution in [1.29, 1.82) is 0 Å². The van der Waals surface area contributed by atoms with Crippen LogP contribution in [0.25, 0.3) is 10.9 Å². The number of hydrogen-bond acceptors (Lipinski definition) is 2. The molecule has 2 aromatic rings. The predicted octanol–water partition coefficient (Wildman–Crippen LogP) is 1.87. The van der Waals surface area contributed by atoms with Crippen molar-refractivity contribution in [2.24, 2.45) is 11.7 Å². The molecule has 3 nitrogen and oxygen atoms in total. The van der Waals surface area contributed by atoms with Crippen molar-refractivity contribution >= 4 is 10.9 Å². The minimum Gasteiger partial charge on any atom is -0.508 e. The number of nitrogens with zero attached hydrogens (tertiary/aromatic N) is 1. The van der Waals surface area contributed by atoms with Crippen LogP contribution < -0.4 is 5.73 Å². The molecule has 1 unspecified atom stereocenters. The molecule has 1 atom stereocenters. The molecule has 0 saturated heterocycles. The molecule has 3 N–H and O–H groups in total. The van der Waals surface area contributed by atoms with Gasteiger partial charge in [-0.25, -0.2) is 0 Å². The summed E-state index contributed by atoms with van der Waals surface area (Å²) in [5.74, 6) is 0.911. The van der Waals surface area contributed by atoms with Gasteiger partial charge in [-0.05, 0) is 43.5 Å². The molecule has 0 aliphatic carbocycles. The van der Waals surface area contributed by atoms with Crippen LogP contribution in [-0.2, 0) is 13.0 Å². The number of aromatic nitrogens is 1. The first-order chi connectivity index (χ1) is 7.78. The Kier molecular flexibility index (Phi) is 2.14. The Morgan fingerprint density at radius 2 is 2.25 bits per heavy atom. The zero-order valence-corrected chi connectivity index (χ0v) is 9.19. The quantitative estimate of drug-likeness (QED) is 0.764. The lowest BCUT2D eigenvalue weighted by molar-refractivity contribution is 0.385. The highest BCUT2D eigenvalue weighted by Gasteiger charge is 2.19. The summed E-state index contributed by atoms with van der Waals surface area (Å²) in [7, 11) is 0. The Balaban J connectivity index is 2.15. The van der Waals surface area contributed by atoms with Gasteiger partial charge in [-0.2, -0.15) is 0 Å². The van der Waals surface area contributed by atoms with E-state index in [1.165, 1.54) is 17.5 Å². The summed E-state index contributed by atoms with van der Waals surface area (Å²) in [5.41, 5.74) is 8.24. The highest BCUT2D eigenvalue weighted by Crippen LogP contribution is 2.29. The minimum atomic E-state index is 0.336. The van der Waals surface area contributed by atoms with Crippen LogP contribution in [0, 0.1) is 5.92 Å². The molecule has 3 heteroatoms. The predicted molar refractivity (Wildman–Crippen MR) is 64.5 cm³/mol. The van der Waals surface area contributed by atoms with Crippen molar-refractivity contribution in [2.45, 2.75) is 19.4 Å². The fraction of sp³-hybridized carbons (Fsp3) is 0.385. The Hall–Kier alpha value is -1.48. The van der Waals surface area contributed by atoms with Crippen LogP contribution in [0.5, 0.6) is 5.75 Å². The van der Waals surface area contributed by atoms with Crippen molar-refractivity contribution in [3.63, 3.8) is 0 Å². The molecule has 84 valence electrons. The Bertz CT molecular complexity index is 530. The lowest BCUT2D eigenvalue weighted by Gasteiger charge is -2.24. The third-order valence-electron chi connectivity index (χ3n) is 3.56. The van der Waals surface area contributed by atoms with Crippen LogP contribution >= 0.6 is 0 Å². The number of hydrogen-bond donors (Lipinski definition) is 2. The molecule has 1 aromatic heterocycles. The van der Waals surface area contributed by atoms with Crippen LogP contribution in [0.4, 0.5) is 0 Å². The topological polar surface area (TPSA) is 51.2 Å². The number of fused-ring (bicyclic) bond motifs is 3. The molecule has 3 rings (SSSR count). The van der Waals surface area contributed by atoms with Crippen LogP contribution in [0.2, 0.25) is 0 Å². The molecule has 1 aliphatic rings. The van der Waals surface area contributed by atoms with E-state index in [0.29, 0.717) is 11.7 Å². The van der Waals surface area contributed by atoms with Crippen LogP contribution in [0.3, 0.4) is 0 Å². The third-order valence-corrected chi connectivity index (χ3v) is 3.56. The monoisotopic (exact) mass is 216 g/mol. The largest absolute Gasteiger partial charge is 0.508 e. The SMILES string of the molecule is NCC1CCc2cc3ccc(O)cc3n2C1. The van der Waals surface area contributed by atoms with Crippen molar-refractivity contribution in [2.75, 3.05) is 6.54 Å². The van der Waals surface area contributed by atoms with Gasteiger partial charge in [-0.15, -0.1) is 0 Å². The number of aryl methyl sites for hydroxylation is 1. The van der Waals surface area contributed by atoms with Crippen molar-refractivity contribution in [1.82, 2.24) is 4.57 Å². The summed E-state index contributed by atoms with van der Waals surface area (Å²) in [4.78, 5) is 0. The zero-order chi connectivity index (χ0) is 11.1. The molecule has 1 aliphatic heterocycles. The van der Waals surface area contributed by atoms with Gasteiger partial charge in [-0.3, -0.25) is 0 Å². The second kappa shape index (κ2) is 3.52. The second-order valence-corrected chi connectivity index (χ2v) is 4.63. The lowest BCUT2D eigenvalue weighted by Crippen LogP contribution is -2.25. The first kappa shape index (κ1) is 9.73. The lowest BCUT2D eigenvalue weighted by atomic mass is 9.98. The van der Waals surface area contributed by atoms with Gasteiger partial charge in [-0.1, -0.05) is 0 Å². The van der Waals surface area contributed by atoms with Gasteiger partial charge >= 0.3 is 0 Å². The van der Waals surface area contributed by atoms with E-state index in [1.54, 1.807) is 6.07 Å². The van der Waals surface area contributed by atoms with Gasteiger partial charge in [0.05, 0.1) is 5.52 Å². The van der Waals surface area contributed by atoms with Gasteiger partial charge in [0.15, 0.2) is 0 Å². The summed E-state index contributed by atoms with van der Waals surface area (Å²) >= 11 is 0. The summed E-state index contributed by atoms with van der Waals surface area (Å²) in [6.45, 7) is 1.73. The summed E-state index contributed by atoms with van der Waals surface area (Å²) in [6, 6.07) is 7.79. The summed E-state index contributed by atoms with van der Waals surface area (Å²) in [6.07, 6.45) is 2.27. The van der Waals surface area contributed by atoms with Crippen LogP contribution in [0.1, 0.15) is 12.1 Å². The molecule has 0 fully saturated rings. The van der Waals surface area contributed by atoms with Gasteiger partial charge < -0.3 is 15.4 Å². The highest BCUT2D eigenvalue weighted by atomic mass is 16.3. The molecule has 0 radical (unpaired) electrons. The van der Waals surface area contributed by atoms with E-state index < -0.39 is 0 Å². The van der Waals surface area contributed by atoms with Gasteiger partial charge in [0.25, 0.3) is 0 Å². The molecule has 0 spiro atoms. The average Bonchev–Trinajstić information content (AvgIpc) is 2.66. The standard InChI is InChI=1S/C13H16N2O/c14-7-9-1-3-11-5-10-2-4-12(16)6-13(10)15(11)8-9/h2,4-6,9,16H,1,3,7-8,14H2. The third kappa shape index (κ3) is 1.39. The maximum Gasteiger partial charge on any atom is 0.117 e. The molecule has 0 amide bonds. The van der Waals surface area contributed by atoms with E-state index in [9.17, 15) is 5.11 Å². The van der Waals surface area contributed by atoms with Crippen molar-refractivity contribution in [3.8, 4) is 5.75 Å². The normalized spacial score (nSPS) is 19.9. The van der Waals surface area contributed by atoms with E-state index in [4.69, 9.17) is 5.73 Å². The van der Waals surface area contributed by atoms with E-state index in [0.717, 1.165) is 25.0 Å². The molecule has 2 heterocycles. The Morgan fingerprint density at radius 1 is 1.38 bits per heavy atom. The van der Waals surface area contributed by atoms with E-state index >= 15 is 0 Å². The molecular weight excluding hydrogens is 200 g/mol. The molecule has 1 aromatic carbocycles. The minimum absolute atomic E-state index is 0.336. The average molecular weight is 216 g/mol. The summed E-state index contributed by atoms with van der Waals surface area (Å²) in [5, 5.41) is 10.7. The fourth-order valence-corrected chi connectivity index (χ4v) is 2.62. The zero-order valence-electron chi connectivity index (χ0n) is 9.19. The molecule has 16 heavy (non-hydrogen) atoms. The molecule has 0 bridgehead atoms. The fourth-order valence-electron chi connectivity index (χ4n) is 2.62. The number of rotatable bonds is 1. The van der Waals surface area contributed by atoms with Crippen LogP contribution in [0.15, 0.2) is 24.3 Å². The smallest absolute Gasteiger partial charge is 0.117 e. The molecule has 0 saturated carbocycles. The van der Waals surface area contributed by atoms with Crippen molar-refractivity contribution < 1.29 is 5.11 Å². The first-order valence-electron chi connectivity index (χ1n) is 5.79. The maximum absolute atomic E-state index is 9.54. The number of phenols is 1. The summed E-state index contributed by atoms with van der Waals surface area (Å²) < 4.78 is 2.30. The second-order valence-electron chi connectivity index (χ2n) is 4.63. The van der Waals surface area contributed by atoms with Gasteiger partial charge in [0, 0.05) is 23.7 Å². The van der Waals surface area contributed by atoms with Crippen LogP contribution in [-0.4, -0.2) is 16.2 Å². The number of aromatic hydroxyl groups is 1. The number of phenolic OH excluding ortho intramolecular Hbond substituents is 1. The Labute approximate surface area is 94.5 Å². The number of benzene rings is 1. The molecular formula is C13H16N2O.